The molecule has 0 bridgehead atoms. The highest BCUT2D eigenvalue weighted by Crippen LogP contribution is 2.13. The molecule has 0 spiro atoms. The third-order valence-corrected chi connectivity index (χ3v) is 1.78. The Morgan fingerprint density at radius 3 is 2.77 bits per heavy atom. The highest BCUT2D eigenvalue weighted by molar-refractivity contribution is 5.54. The number of hydrogen-bond donors (Lipinski definition) is 0. The first-order chi connectivity index (χ1) is 6.75. The number of rotatable bonds is 1. The van der Waals surface area contributed by atoms with E-state index in [2.05, 4.69) is 9.97 Å². The van der Waals surface area contributed by atoms with Gasteiger partial charge in [0.05, 0.1) is 12.8 Å². The number of hydrogen-bond acceptors (Lipinski definition) is 2. The van der Waals surface area contributed by atoms with E-state index in [1.165, 1.54) is 0 Å². The first-order valence-electron chi connectivity index (χ1n) is 4.61. The summed E-state index contributed by atoms with van der Waals surface area (Å²) in [6.45, 7) is 2.01. The Morgan fingerprint density at radius 2 is 2.00 bits per heavy atom. The summed E-state index contributed by atoms with van der Waals surface area (Å²) < 4.78 is 7.47. The zero-order valence-corrected chi connectivity index (χ0v) is 7.36. The summed E-state index contributed by atoms with van der Waals surface area (Å²) in [5, 5.41) is 0. The minimum absolute atomic E-state index is 0.457. The molecule has 0 unspecified atom stereocenters. The van der Waals surface area contributed by atoms with Crippen molar-refractivity contribution in [2.45, 2.75) is 6.92 Å². The summed E-state index contributed by atoms with van der Waals surface area (Å²) in [5.41, 5.74) is 2.72. The molecule has 0 atom stereocenters. The Kier molecular flexibility index (Phi) is 1.75. The number of nitrogens with zero attached hydrogens (tertiary/aromatic N) is 2. The summed E-state index contributed by atoms with van der Waals surface area (Å²) >= 11 is 0. The van der Waals surface area contributed by atoms with Gasteiger partial charge < -0.3 is 0 Å². The van der Waals surface area contributed by atoms with E-state index in [0.29, 0.717) is 6.04 Å². The van der Waals surface area contributed by atoms with Crippen LogP contribution in [-0.4, -0.2) is 9.97 Å². The maximum absolute atomic E-state index is 7.47. The lowest BCUT2D eigenvalue weighted by molar-refractivity contribution is 1.23. The average Bonchev–Trinajstić information content (AvgIpc) is 2.18. The molecule has 0 fully saturated rings. The van der Waals surface area contributed by atoms with Crippen molar-refractivity contribution in [3.05, 3.63) is 48.3 Å². The van der Waals surface area contributed by atoms with E-state index in [9.17, 15) is 0 Å². The molecule has 2 rings (SSSR count). The molecule has 0 N–H and O–H groups in total. The molecule has 64 valence electrons. The van der Waals surface area contributed by atoms with E-state index in [1.54, 1.807) is 24.5 Å². The maximum Gasteiger partial charge on any atom is 0.0888 e. The Bertz CT molecular complexity index is 411. The van der Waals surface area contributed by atoms with Crippen LogP contribution in [0.25, 0.3) is 11.4 Å². The molecule has 2 nitrogen and oxygen atoms in total. The van der Waals surface area contributed by atoms with E-state index in [0.717, 1.165) is 17.0 Å². The first kappa shape index (κ1) is 6.78. The lowest BCUT2D eigenvalue weighted by Gasteiger charge is -1.99. The van der Waals surface area contributed by atoms with Gasteiger partial charge in [0.1, 0.15) is 0 Å². The molecular formula is C11H10N2. The second-order valence-electron chi connectivity index (χ2n) is 2.86. The molecule has 0 aliphatic carbocycles. The van der Waals surface area contributed by atoms with Crippen LogP contribution in [0, 0.1) is 6.92 Å². The summed E-state index contributed by atoms with van der Waals surface area (Å²) in [6, 6.07) is 7.72. The van der Waals surface area contributed by atoms with Crippen LogP contribution in [0.1, 0.15) is 6.93 Å². The molecule has 2 heterocycles. The van der Waals surface area contributed by atoms with Crippen LogP contribution < -0.4 is 0 Å². The van der Waals surface area contributed by atoms with Gasteiger partial charge in [0, 0.05) is 12.4 Å². The Balaban J connectivity index is 2.49. The number of aromatic nitrogens is 2. The van der Waals surface area contributed by atoms with Crippen LogP contribution in [0.4, 0.5) is 0 Å². The van der Waals surface area contributed by atoms with Gasteiger partial charge in [-0.1, -0.05) is 6.04 Å². The molecule has 0 aliphatic rings. The molecular weight excluding hydrogens is 160 g/mol. The largest absolute Gasteiger partial charge is 0.255 e. The third-order valence-electron chi connectivity index (χ3n) is 1.78. The lowest BCUT2D eigenvalue weighted by Crippen LogP contribution is -1.86. The molecule has 13 heavy (non-hydrogen) atoms. The first-order valence-corrected chi connectivity index (χ1v) is 4.11. The van der Waals surface area contributed by atoms with Crippen molar-refractivity contribution >= 4 is 0 Å². The zero-order chi connectivity index (χ0) is 9.97. The second kappa shape index (κ2) is 3.35. The summed E-state index contributed by atoms with van der Waals surface area (Å²) in [4.78, 5) is 8.37. The topological polar surface area (TPSA) is 25.8 Å². The molecule has 0 aliphatic heterocycles. The van der Waals surface area contributed by atoms with Gasteiger partial charge in [0.25, 0.3) is 0 Å². The van der Waals surface area contributed by atoms with Crippen molar-refractivity contribution in [2.24, 2.45) is 0 Å². The fraction of sp³-hybridized carbons (Fsp3) is 0.0909. The van der Waals surface area contributed by atoms with E-state index in [1.807, 2.05) is 19.1 Å². The predicted octanol–water partition coefficient (Wildman–Crippen LogP) is 2.45. The van der Waals surface area contributed by atoms with Gasteiger partial charge >= 0.3 is 0 Å². The summed E-state index contributed by atoms with van der Waals surface area (Å²) in [6.07, 6.45) is 3.38. The van der Waals surface area contributed by atoms with Gasteiger partial charge in [-0.2, -0.15) is 0 Å². The average molecular weight is 171 g/mol. The fourth-order valence-corrected chi connectivity index (χ4v) is 1.14. The number of pyridine rings is 2. The minimum atomic E-state index is 0.457. The van der Waals surface area contributed by atoms with Gasteiger partial charge in [-0.25, -0.2) is 0 Å². The van der Waals surface area contributed by atoms with Gasteiger partial charge in [0.15, 0.2) is 0 Å². The van der Waals surface area contributed by atoms with Crippen molar-refractivity contribution in [2.75, 3.05) is 0 Å². The Hall–Kier alpha value is -1.70. The number of aryl methyl sites for hydroxylation is 1. The Morgan fingerprint density at radius 1 is 1.15 bits per heavy atom. The molecule has 2 aromatic heterocycles. The Labute approximate surface area is 78.7 Å². The van der Waals surface area contributed by atoms with Gasteiger partial charge in [-0.3, -0.25) is 9.97 Å². The van der Waals surface area contributed by atoms with Crippen molar-refractivity contribution in [3.63, 3.8) is 0 Å². The predicted molar refractivity (Wildman–Crippen MR) is 52.2 cm³/mol. The second-order valence-corrected chi connectivity index (χ2v) is 2.86. The smallest absolute Gasteiger partial charge is 0.0888 e. The van der Waals surface area contributed by atoms with Crippen LogP contribution in [0.15, 0.2) is 42.7 Å². The normalized spacial score (nSPS) is 11.0. The van der Waals surface area contributed by atoms with Gasteiger partial charge in [-0.05, 0) is 36.8 Å². The lowest BCUT2D eigenvalue weighted by atomic mass is 10.2. The van der Waals surface area contributed by atoms with Crippen LogP contribution in [0.5, 0.6) is 0 Å². The van der Waals surface area contributed by atoms with E-state index in [-0.39, 0.29) is 0 Å². The highest BCUT2D eigenvalue weighted by atomic mass is 14.7. The van der Waals surface area contributed by atoms with Crippen LogP contribution in [-0.2, 0) is 0 Å². The van der Waals surface area contributed by atoms with Crippen molar-refractivity contribution in [3.8, 4) is 11.4 Å². The molecule has 2 aromatic rings. The maximum atomic E-state index is 7.47. The molecule has 0 amide bonds. The van der Waals surface area contributed by atoms with Crippen molar-refractivity contribution in [1.29, 1.82) is 0 Å². The standard InChI is InChI=1S/C11H10N2/c1-9-5-7-13-11(8-9)10-4-2-3-6-12-10/h2-8H,1H3/i2D. The SMILES string of the molecule is [2H]c1ccnc(-c2cc(C)ccn2)c1. The molecule has 2 heteroatoms. The van der Waals surface area contributed by atoms with Gasteiger partial charge in [-0.15, -0.1) is 0 Å². The minimum Gasteiger partial charge on any atom is -0.255 e. The third kappa shape index (κ3) is 1.72. The zero-order valence-electron chi connectivity index (χ0n) is 8.36. The van der Waals surface area contributed by atoms with Crippen LogP contribution >= 0.6 is 0 Å². The van der Waals surface area contributed by atoms with Gasteiger partial charge in [0.2, 0.25) is 0 Å². The fourth-order valence-electron chi connectivity index (χ4n) is 1.14. The van der Waals surface area contributed by atoms with Crippen molar-refractivity contribution < 1.29 is 1.37 Å². The molecule has 0 radical (unpaired) electrons. The summed E-state index contributed by atoms with van der Waals surface area (Å²) in [5.74, 6) is 0. The quantitative estimate of drug-likeness (QED) is 0.658. The van der Waals surface area contributed by atoms with Crippen LogP contribution in [0.3, 0.4) is 0 Å². The van der Waals surface area contributed by atoms with E-state index >= 15 is 0 Å². The molecule has 0 aromatic carbocycles. The summed E-state index contributed by atoms with van der Waals surface area (Å²) in [7, 11) is 0. The van der Waals surface area contributed by atoms with E-state index < -0.39 is 0 Å². The monoisotopic (exact) mass is 171 g/mol. The van der Waals surface area contributed by atoms with E-state index in [4.69, 9.17) is 1.37 Å². The van der Waals surface area contributed by atoms with Crippen LogP contribution in [0.2, 0.25) is 0 Å². The molecule has 0 saturated carbocycles. The molecule has 0 saturated heterocycles. The van der Waals surface area contributed by atoms with Crippen molar-refractivity contribution in [1.82, 2.24) is 9.97 Å². The highest BCUT2D eigenvalue weighted by Gasteiger charge is 1.97.